The first-order valence-corrected chi connectivity index (χ1v) is 10.3. The van der Waals surface area contributed by atoms with Crippen molar-refractivity contribution in [2.45, 2.75) is 65.5 Å². The maximum atomic E-state index is 4.67. The number of aromatic nitrogens is 3. The lowest BCUT2D eigenvalue weighted by atomic mass is 9.86. The first kappa shape index (κ1) is 23.6. The van der Waals surface area contributed by atoms with Crippen molar-refractivity contribution in [2.75, 3.05) is 13.6 Å². The molecule has 0 amide bonds. The molecule has 7 heteroatoms. The van der Waals surface area contributed by atoms with Gasteiger partial charge in [0.25, 0.3) is 0 Å². The summed E-state index contributed by atoms with van der Waals surface area (Å²) in [6, 6.07) is 11.0. The van der Waals surface area contributed by atoms with Crippen LogP contribution in [0.1, 0.15) is 57.2 Å². The van der Waals surface area contributed by atoms with Crippen molar-refractivity contribution >= 4 is 29.9 Å². The van der Waals surface area contributed by atoms with E-state index in [0.717, 1.165) is 50.0 Å². The molecule has 3 rings (SSSR count). The van der Waals surface area contributed by atoms with E-state index in [1.807, 2.05) is 7.05 Å². The maximum absolute atomic E-state index is 4.67. The Kier molecular flexibility index (Phi) is 8.48. The number of aliphatic imine (C=N–C) groups is 1. The smallest absolute Gasteiger partial charge is 0.191 e. The van der Waals surface area contributed by atoms with Gasteiger partial charge in [0, 0.05) is 32.0 Å². The highest BCUT2D eigenvalue weighted by molar-refractivity contribution is 14.0. The molecule has 0 radical (unpaired) electrons. The molecule has 160 valence electrons. The standard InChI is InChI=1S/C22H34N6.HI/c1-16(2)20-26-19-12-11-18(14-28(19)27-20)25-21(23-5)24-15-22(3,4)13-17-9-7-6-8-10-17;/h6-10,16,18H,11-15H2,1-5H3,(H2,23,24,25);1H. The van der Waals surface area contributed by atoms with E-state index in [0.29, 0.717) is 12.0 Å². The molecule has 0 saturated carbocycles. The molecule has 0 bridgehead atoms. The van der Waals surface area contributed by atoms with Gasteiger partial charge in [-0.1, -0.05) is 58.0 Å². The van der Waals surface area contributed by atoms with Crippen molar-refractivity contribution in [3.63, 3.8) is 0 Å². The number of nitrogens with one attached hydrogen (secondary N) is 2. The van der Waals surface area contributed by atoms with Crippen molar-refractivity contribution in [2.24, 2.45) is 10.4 Å². The van der Waals surface area contributed by atoms with Crippen molar-refractivity contribution in [3.05, 3.63) is 47.5 Å². The van der Waals surface area contributed by atoms with Crippen LogP contribution in [0.15, 0.2) is 35.3 Å². The monoisotopic (exact) mass is 510 g/mol. The van der Waals surface area contributed by atoms with Crippen LogP contribution in [0.5, 0.6) is 0 Å². The fraction of sp³-hybridized carbons (Fsp3) is 0.591. The number of fused-ring (bicyclic) bond motifs is 1. The molecule has 1 unspecified atom stereocenters. The zero-order valence-electron chi connectivity index (χ0n) is 18.3. The molecule has 0 saturated heterocycles. The summed E-state index contributed by atoms with van der Waals surface area (Å²) in [5, 5.41) is 11.8. The molecule has 2 N–H and O–H groups in total. The Labute approximate surface area is 192 Å². The van der Waals surface area contributed by atoms with Crippen LogP contribution in [0.3, 0.4) is 0 Å². The van der Waals surface area contributed by atoms with Gasteiger partial charge in [-0.15, -0.1) is 24.0 Å². The summed E-state index contributed by atoms with van der Waals surface area (Å²) in [7, 11) is 1.83. The average Bonchev–Trinajstić information content (AvgIpc) is 3.09. The molecule has 29 heavy (non-hydrogen) atoms. The number of halogens is 1. The van der Waals surface area contributed by atoms with Crippen LogP contribution in [0.4, 0.5) is 0 Å². The summed E-state index contributed by atoms with van der Waals surface area (Å²) in [5.74, 6) is 3.28. The summed E-state index contributed by atoms with van der Waals surface area (Å²) < 4.78 is 2.06. The number of rotatable bonds is 6. The Balaban J connectivity index is 0.00000300. The van der Waals surface area contributed by atoms with E-state index in [1.54, 1.807) is 0 Å². The summed E-state index contributed by atoms with van der Waals surface area (Å²) >= 11 is 0. The first-order valence-electron chi connectivity index (χ1n) is 10.3. The van der Waals surface area contributed by atoms with Crippen LogP contribution in [0, 0.1) is 5.41 Å². The quantitative estimate of drug-likeness (QED) is 0.353. The van der Waals surface area contributed by atoms with Gasteiger partial charge < -0.3 is 10.6 Å². The minimum atomic E-state index is 0. The topological polar surface area (TPSA) is 67.1 Å². The largest absolute Gasteiger partial charge is 0.356 e. The van der Waals surface area contributed by atoms with Gasteiger partial charge in [0.05, 0.1) is 6.54 Å². The van der Waals surface area contributed by atoms with E-state index in [4.69, 9.17) is 0 Å². The second-order valence-corrected chi connectivity index (χ2v) is 8.86. The first-order chi connectivity index (χ1) is 13.4. The minimum absolute atomic E-state index is 0. The lowest BCUT2D eigenvalue weighted by Crippen LogP contribution is -2.49. The van der Waals surface area contributed by atoms with Gasteiger partial charge in [0.15, 0.2) is 11.8 Å². The van der Waals surface area contributed by atoms with Gasteiger partial charge in [0.2, 0.25) is 0 Å². The number of nitrogens with zero attached hydrogens (tertiary/aromatic N) is 4. The predicted octanol–water partition coefficient (Wildman–Crippen LogP) is 3.77. The van der Waals surface area contributed by atoms with Crippen molar-refractivity contribution < 1.29 is 0 Å². The van der Waals surface area contributed by atoms with E-state index < -0.39 is 0 Å². The fourth-order valence-electron chi connectivity index (χ4n) is 3.61. The lowest BCUT2D eigenvalue weighted by molar-refractivity contribution is 0.353. The third kappa shape index (κ3) is 6.69. The molecule has 6 nitrogen and oxygen atoms in total. The van der Waals surface area contributed by atoms with Crippen LogP contribution in [0.25, 0.3) is 0 Å². The Bertz CT molecular complexity index is 797. The highest BCUT2D eigenvalue weighted by Crippen LogP contribution is 2.21. The number of guanidine groups is 1. The molecule has 0 fully saturated rings. The van der Waals surface area contributed by atoms with Gasteiger partial charge >= 0.3 is 0 Å². The predicted molar refractivity (Wildman–Crippen MR) is 130 cm³/mol. The van der Waals surface area contributed by atoms with E-state index in [2.05, 4.69) is 88.4 Å². The van der Waals surface area contributed by atoms with E-state index in [1.165, 1.54) is 5.56 Å². The highest BCUT2D eigenvalue weighted by atomic mass is 127. The Morgan fingerprint density at radius 1 is 1.28 bits per heavy atom. The zero-order chi connectivity index (χ0) is 20.1. The molecule has 1 aliphatic rings. The van der Waals surface area contributed by atoms with E-state index in [-0.39, 0.29) is 29.4 Å². The summed E-state index contributed by atoms with van der Waals surface area (Å²) in [6.07, 6.45) is 3.03. The summed E-state index contributed by atoms with van der Waals surface area (Å²) in [5.41, 5.74) is 1.50. The number of hydrogen-bond donors (Lipinski definition) is 2. The minimum Gasteiger partial charge on any atom is -0.356 e. The average molecular weight is 510 g/mol. The number of benzene rings is 1. The molecule has 1 aromatic carbocycles. The Hall–Kier alpha value is -1.64. The molecule has 2 heterocycles. The van der Waals surface area contributed by atoms with E-state index in [9.17, 15) is 0 Å². The van der Waals surface area contributed by atoms with Gasteiger partial charge in [-0.25, -0.2) is 9.67 Å². The van der Waals surface area contributed by atoms with Gasteiger partial charge in [0.1, 0.15) is 5.82 Å². The molecule has 1 aromatic heterocycles. The Morgan fingerprint density at radius 3 is 2.66 bits per heavy atom. The molecular formula is C22H35IN6. The molecule has 2 aromatic rings. The second-order valence-electron chi connectivity index (χ2n) is 8.86. The number of hydrogen-bond acceptors (Lipinski definition) is 3. The van der Waals surface area contributed by atoms with Gasteiger partial charge in [-0.05, 0) is 23.8 Å². The van der Waals surface area contributed by atoms with Crippen LogP contribution >= 0.6 is 24.0 Å². The normalized spacial score (nSPS) is 16.9. The fourth-order valence-corrected chi connectivity index (χ4v) is 3.61. The van der Waals surface area contributed by atoms with Crippen molar-refractivity contribution in [1.29, 1.82) is 0 Å². The van der Waals surface area contributed by atoms with Gasteiger partial charge in [-0.2, -0.15) is 5.10 Å². The molecule has 0 spiro atoms. The van der Waals surface area contributed by atoms with Crippen molar-refractivity contribution in [3.8, 4) is 0 Å². The SMILES string of the molecule is CN=C(NCC(C)(C)Cc1ccccc1)NC1CCc2nc(C(C)C)nn2C1.I. The number of aryl methyl sites for hydroxylation is 1. The maximum Gasteiger partial charge on any atom is 0.191 e. The third-order valence-electron chi connectivity index (χ3n) is 5.22. The van der Waals surface area contributed by atoms with Crippen molar-refractivity contribution in [1.82, 2.24) is 25.4 Å². The second kappa shape index (κ2) is 10.4. The molecular weight excluding hydrogens is 475 g/mol. The molecule has 1 aliphatic heterocycles. The summed E-state index contributed by atoms with van der Waals surface area (Å²) in [4.78, 5) is 9.10. The molecule has 1 atom stereocenters. The van der Waals surface area contributed by atoms with Crippen LogP contribution in [-0.4, -0.2) is 40.4 Å². The zero-order valence-corrected chi connectivity index (χ0v) is 20.6. The lowest BCUT2D eigenvalue weighted by Gasteiger charge is -2.29. The van der Waals surface area contributed by atoms with E-state index >= 15 is 0 Å². The van der Waals surface area contributed by atoms with Crippen LogP contribution in [0.2, 0.25) is 0 Å². The molecule has 0 aliphatic carbocycles. The third-order valence-corrected chi connectivity index (χ3v) is 5.22. The van der Waals surface area contributed by atoms with Crippen LogP contribution < -0.4 is 10.6 Å². The van der Waals surface area contributed by atoms with Gasteiger partial charge in [-0.3, -0.25) is 4.99 Å². The van der Waals surface area contributed by atoms with Crippen LogP contribution in [-0.2, 0) is 19.4 Å². The summed E-state index contributed by atoms with van der Waals surface area (Å²) in [6.45, 7) is 10.6. The Morgan fingerprint density at radius 2 is 2.00 bits per heavy atom. The highest BCUT2D eigenvalue weighted by Gasteiger charge is 2.24.